The number of rotatable bonds is 3. The predicted molar refractivity (Wildman–Crippen MR) is 67.0 cm³/mol. The molecule has 0 heterocycles. The topological polar surface area (TPSA) is 64.3 Å². The Hall–Kier alpha value is -1.62. The molecule has 0 aromatic heterocycles. The summed E-state index contributed by atoms with van der Waals surface area (Å²) in [7, 11) is 1.39. The van der Waals surface area contributed by atoms with E-state index in [0.29, 0.717) is 18.5 Å². The number of hydrogen-bond donors (Lipinski definition) is 2. The first-order valence-electron chi connectivity index (χ1n) is 5.99. The van der Waals surface area contributed by atoms with E-state index in [1.165, 1.54) is 19.2 Å². The second-order valence-corrected chi connectivity index (χ2v) is 4.67. The van der Waals surface area contributed by atoms with Gasteiger partial charge in [-0.25, -0.2) is 4.39 Å². The molecule has 5 heteroatoms. The van der Waals surface area contributed by atoms with E-state index in [1.807, 2.05) is 0 Å². The van der Waals surface area contributed by atoms with Crippen molar-refractivity contribution < 1.29 is 13.9 Å². The molecular formula is C13H17FN2O2. The van der Waals surface area contributed by atoms with E-state index in [9.17, 15) is 9.18 Å². The quantitative estimate of drug-likeness (QED) is 0.865. The molecule has 1 aliphatic carbocycles. The first kappa shape index (κ1) is 12.8. The molecule has 1 amide bonds. The highest BCUT2D eigenvalue weighted by molar-refractivity contribution is 5.98. The third-order valence-electron chi connectivity index (χ3n) is 3.36. The molecule has 0 radical (unpaired) electrons. The largest absolute Gasteiger partial charge is 0.494 e. The SMILES string of the molecule is COc1ccc(NC(=O)C2(N)CCCC2)cc1F. The van der Waals surface area contributed by atoms with Crippen molar-refractivity contribution in [1.82, 2.24) is 0 Å². The minimum absolute atomic E-state index is 0.149. The summed E-state index contributed by atoms with van der Waals surface area (Å²) >= 11 is 0. The van der Waals surface area contributed by atoms with Gasteiger partial charge in [-0.15, -0.1) is 0 Å². The summed E-state index contributed by atoms with van der Waals surface area (Å²) in [6.45, 7) is 0. The first-order valence-corrected chi connectivity index (χ1v) is 5.99. The van der Waals surface area contributed by atoms with Crippen molar-refractivity contribution >= 4 is 11.6 Å². The number of nitrogens with one attached hydrogen (secondary N) is 1. The number of amides is 1. The van der Waals surface area contributed by atoms with Crippen molar-refractivity contribution in [2.24, 2.45) is 5.73 Å². The van der Waals surface area contributed by atoms with E-state index < -0.39 is 11.4 Å². The van der Waals surface area contributed by atoms with E-state index in [0.717, 1.165) is 12.8 Å². The number of benzene rings is 1. The molecule has 1 aromatic carbocycles. The Morgan fingerprint density at radius 1 is 1.44 bits per heavy atom. The Kier molecular flexibility index (Phi) is 3.52. The van der Waals surface area contributed by atoms with E-state index in [1.54, 1.807) is 6.07 Å². The van der Waals surface area contributed by atoms with Crippen molar-refractivity contribution in [3.05, 3.63) is 24.0 Å². The lowest BCUT2D eigenvalue weighted by atomic mass is 9.98. The third-order valence-corrected chi connectivity index (χ3v) is 3.36. The standard InChI is InChI=1S/C13H17FN2O2/c1-18-11-5-4-9(8-10(11)14)16-12(17)13(15)6-2-3-7-13/h4-5,8H,2-3,6-7,15H2,1H3,(H,16,17). The van der Waals surface area contributed by atoms with Gasteiger partial charge in [0.1, 0.15) is 0 Å². The molecular weight excluding hydrogens is 235 g/mol. The summed E-state index contributed by atoms with van der Waals surface area (Å²) in [5, 5.41) is 2.66. The summed E-state index contributed by atoms with van der Waals surface area (Å²) in [5.41, 5.74) is 5.60. The Balaban J connectivity index is 2.09. The van der Waals surface area contributed by atoms with Crippen LogP contribution in [0.1, 0.15) is 25.7 Å². The summed E-state index contributed by atoms with van der Waals surface area (Å²) in [6, 6.07) is 4.30. The van der Waals surface area contributed by atoms with Crippen LogP contribution in [0.2, 0.25) is 0 Å². The number of carbonyl (C=O) groups is 1. The Morgan fingerprint density at radius 3 is 2.67 bits per heavy atom. The molecule has 0 aliphatic heterocycles. The fraction of sp³-hybridized carbons (Fsp3) is 0.462. The maximum atomic E-state index is 13.5. The zero-order valence-corrected chi connectivity index (χ0v) is 10.3. The summed E-state index contributed by atoms with van der Waals surface area (Å²) in [6.07, 6.45) is 3.27. The molecule has 0 bridgehead atoms. The maximum absolute atomic E-state index is 13.5. The van der Waals surface area contributed by atoms with Gasteiger partial charge in [-0.05, 0) is 25.0 Å². The molecule has 1 aromatic rings. The lowest BCUT2D eigenvalue weighted by Gasteiger charge is -2.22. The average Bonchev–Trinajstić information content (AvgIpc) is 2.78. The van der Waals surface area contributed by atoms with Crippen LogP contribution >= 0.6 is 0 Å². The van der Waals surface area contributed by atoms with Crippen molar-refractivity contribution in [2.45, 2.75) is 31.2 Å². The summed E-state index contributed by atoms with van der Waals surface area (Å²) in [4.78, 5) is 12.0. The van der Waals surface area contributed by atoms with Crippen LogP contribution in [0.3, 0.4) is 0 Å². The predicted octanol–water partition coefficient (Wildman–Crippen LogP) is 2.04. The summed E-state index contributed by atoms with van der Waals surface area (Å²) < 4.78 is 18.3. The fourth-order valence-corrected chi connectivity index (χ4v) is 2.23. The van der Waals surface area contributed by atoms with Gasteiger partial charge in [-0.2, -0.15) is 0 Å². The lowest BCUT2D eigenvalue weighted by Crippen LogP contribution is -2.48. The monoisotopic (exact) mass is 252 g/mol. The Morgan fingerprint density at radius 2 is 2.11 bits per heavy atom. The normalized spacial score (nSPS) is 17.5. The van der Waals surface area contributed by atoms with Gasteiger partial charge < -0.3 is 15.8 Å². The van der Waals surface area contributed by atoms with Crippen LogP contribution < -0.4 is 15.8 Å². The number of nitrogens with two attached hydrogens (primary N) is 1. The van der Waals surface area contributed by atoms with Crippen LogP contribution in [0.4, 0.5) is 10.1 Å². The Labute approximate surface area is 105 Å². The first-order chi connectivity index (χ1) is 8.55. The second kappa shape index (κ2) is 4.94. The van der Waals surface area contributed by atoms with E-state index >= 15 is 0 Å². The third kappa shape index (κ3) is 2.46. The highest BCUT2D eigenvalue weighted by Gasteiger charge is 2.36. The average molecular weight is 252 g/mol. The zero-order chi connectivity index (χ0) is 13.2. The van der Waals surface area contributed by atoms with Crippen LogP contribution in [0.15, 0.2) is 18.2 Å². The molecule has 18 heavy (non-hydrogen) atoms. The van der Waals surface area contributed by atoms with Crippen LogP contribution in [0, 0.1) is 5.82 Å². The number of halogens is 1. The summed E-state index contributed by atoms with van der Waals surface area (Å²) in [5.74, 6) is -0.603. The van der Waals surface area contributed by atoms with E-state index in [4.69, 9.17) is 10.5 Å². The number of hydrogen-bond acceptors (Lipinski definition) is 3. The number of carbonyl (C=O) groups excluding carboxylic acids is 1. The fourth-order valence-electron chi connectivity index (χ4n) is 2.23. The molecule has 3 N–H and O–H groups in total. The number of anilines is 1. The van der Waals surface area contributed by atoms with Gasteiger partial charge in [-0.1, -0.05) is 12.8 Å². The molecule has 1 saturated carbocycles. The molecule has 98 valence electrons. The molecule has 1 aliphatic rings. The van der Waals surface area contributed by atoms with Gasteiger partial charge in [0.15, 0.2) is 11.6 Å². The maximum Gasteiger partial charge on any atom is 0.244 e. The van der Waals surface area contributed by atoms with Gasteiger partial charge in [0.2, 0.25) is 5.91 Å². The minimum atomic E-state index is -0.809. The van der Waals surface area contributed by atoms with Crippen LogP contribution in [-0.2, 0) is 4.79 Å². The van der Waals surface area contributed by atoms with Crippen molar-refractivity contribution in [2.75, 3.05) is 12.4 Å². The molecule has 1 fully saturated rings. The van der Waals surface area contributed by atoms with Crippen LogP contribution in [-0.4, -0.2) is 18.6 Å². The molecule has 0 saturated heterocycles. The second-order valence-electron chi connectivity index (χ2n) is 4.67. The van der Waals surface area contributed by atoms with E-state index in [-0.39, 0.29) is 11.7 Å². The number of methoxy groups -OCH3 is 1. The van der Waals surface area contributed by atoms with Gasteiger partial charge >= 0.3 is 0 Å². The molecule has 0 unspecified atom stereocenters. The minimum Gasteiger partial charge on any atom is -0.494 e. The highest BCUT2D eigenvalue weighted by Crippen LogP contribution is 2.29. The van der Waals surface area contributed by atoms with Crippen LogP contribution in [0.25, 0.3) is 0 Å². The van der Waals surface area contributed by atoms with Crippen molar-refractivity contribution in [3.63, 3.8) is 0 Å². The van der Waals surface area contributed by atoms with E-state index in [2.05, 4.69) is 5.32 Å². The molecule has 2 rings (SSSR count). The zero-order valence-electron chi connectivity index (χ0n) is 10.3. The van der Waals surface area contributed by atoms with Gasteiger partial charge in [-0.3, -0.25) is 4.79 Å². The Bertz CT molecular complexity index is 456. The number of ether oxygens (including phenoxy) is 1. The van der Waals surface area contributed by atoms with Gasteiger partial charge in [0.25, 0.3) is 0 Å². The molecule has 0 atom stereocenters. The molecule has 0 spiro atoms. The highest BCUT2D eigenvalue weighted by atomic mass is 19.1. The lowest BCUT2D eigenvalue weighted by molar-refractivity contribution is -0.121. The van der Waals surface area contributed by atoms with Crippen molar-refractivity contribution in [1.29, 1.82) is 0 Å². The molecule has 4 nitrogen and oxygen atoms in total. The van der Waals surface area contributed by atoms with Crippen molar-refractivity contribution in [3.8, 4) is 5.75 Å². The van der Waals surface area contributed by atoms with Gasteiger partial charge in [0.05, 0.1) is 12.6 Å². The van der Waals surface area contributed by atoms with Crippen LogP contribution in [0.5, 0.6) is 5.75 Å². The smallest absolute Gasteiger partial charge is 0.244 e. The van der Waals surface area contributed by atoms with Gasteiger partial charge in [0, 0.05) is 11.8 Å².